The van der Waals surface area contributed by atoms with Gasteiger partial charge in [-0.15, -0.1) is 23.5 Å². The lowest BCUT2D eigenvalue weighted by Crippen LogP contribution is -2.26. The van der Waals surface area contributed by atoms with Gasteiger partial charge in [0, 0.05) is 23.6 Å². The minimum atomic E-state index is -0.440. The summed E-state index contributed by atoms with van der Waals surface area (Å²) in [5, 5.41) is 14.9. The van der Waals surface area contributed by atoms with Crippen LogP contribution in [0.3, 0.4) is 0 Å². The lowest BCUT2D eigenvalue weighted by molar-refractivity contribution is -0.384. The van der Waals surface area contributed by atoms with E-state index in [1.807, 2.05) is 13.0 Å². The van der Waals surface area contributed by atoms with Gasteiger partial charge in [0.15, 0.2) is 11.5 Å². The van der Waals surface area contributed by atoms with Crippen molar-refractivity contribution in [1.29, 1.82) is 0 Å². The number of nitrogens with one attached hydrogen (secondary N) is 1. The number of thioether (sulfide) groups is 2. The number of nitrogens with zero attached hydrogens (tertiary/aromatic N) is 2. The fourth-order valence-electron chi connectivity index (χ4n) is 3.10. The predicted octanol–water partition coefficient (Wildman–Crippen LogP) is 5.37. The first-order chi connectivity index (χ1) is 15.8. The number of halogens is 1. The number of carbonyl (C=O) groups excluding carboxylic acids is 1. The number of carbonyl (C=O) groups is 1. The van der Waals surface area contributed by atoms with Gasteiger partial charge in [0.1, 0.15) is 6.61 Å². The highest BCUT2D eigenvalue weighted by Crippen LogP contribution is 2.45. The van der Waals surface area contributed by atoms with E-state index in [9.17, 15) is 14.9 Å². The summed E-state index contributed by atoms with van der Waals surface area (Å²) < 4.78 is 12.2. The first-order valence-electron chi connectivity index (χ1n) is 10.2. The van der Waals surface area contributed by atoms with E-state index in [1.165, 1.54) is 12.1 Å². The second-order valence-corrected chi connectivity index (χ2v) is 11.6. The number of nitro benzene ring substituents is 1. The van der Waals surface area contributed by atoms with Crippen LogP contribution in [0.1, 0.15) is 31.4 Å². The van der Waals surface area contributed by atoms with Crippen molar-refractivity contribution < 1.29 is 19.2 Å². The Morgan fingerprint density at radius 2 is 1.97 bits per heavy atom. The Balaban J connectivity index is 1.65. The molecule has 0 radical (unpaired) electrons. The SMILES string of the molecule is CCOc1cc(/C=N\NC(=O)CC2(C)SCCS2)cc(Br)c1OCc1ccc([N+](=O)[O-])cc1. The molecular formula is C22H24BrN3O5S2. The van der Waals surface area contributed by atoms with E-state index in [1.54, 1.807) is 47.9 Å². The van der Waals surface area contributed by atoms with Crippen molar-refractivity contribution in [3.8, 4) is 11.5 Å². The molecule has 33 heavy (non-hydrogen) atoms. The molecule has 2 aromatic carbocycles. The number of amides is 1. The lowest BCUT2D eigenvalue weighted by atomic mass is 10.2. The van der Waals surface area contributed by atoms with Gasteiger partial charge in [-0.2, -0.15) is 5.10 Å². The van der Waals surface area contributed by atoms with Gasteiger partial charge in [0.05, 0.1) is 32.7 Å². The van der Waals surface area contributed by atoms with Gasteiger partial charge in [-0.1, -0.05) is 0 Å². The summed E-state index contributed by atoms with van der Waals surface area (Å²) in [6.45, 7) is 4.61. The molecule has 1 aliphatic rings. The summed E-state index contributed by atoms with van der Waals surface area (Å²) in [7, 11) is 0. The number of hydrogen-bond donors (Lipinski definition) is 1. The van der Waals surface area contributed by atoms with E-state index in [0.29, 0.717) is 29.0 Å². The maximum absolute atomic E-state index is 12.2. The highest BCUT2D eigenvalue weighted by Gasteiger charge is 2.32. The van der Waals surface area contributed by atoms with E-state index >= 15 is 0 Å². The second kappa shape index (κ2) is 11.8. The van der Waals surface area contributed by atoms with Gasteiger partial charge in [-0.05, 0) is 65.2 Å². The number of non-ortho nitro benzene ring substituents is 1. The molecule has 2 aromatic rings. The normalized spacial score (nSPS) is 14.9. The van der Waals surface area contributed by atoms with E-state index < -0.39 is 4.92 Å². The zero-order chi connectivity index (χ0) is 23.8. The molecule has 0 unspecified atom stereocenters. The molecule has 1 aliphatic heterocycles. The van der Waals surface area contributed by atoms with Crippen LogP contribution in [0.25, 0.3) is 0 Å². The van der Waals surface area contributed by atoms with Gasteiger partial charge < -0.3 is 9.47 Å². The van der Waals surface area contributed by atoms with E-state index in [-0.39, 0.29) is 22.3 Å². The van der Waals surface area contributed by atoms with Crippen molar-refractivity contribution >= 4 is 57.3 Å². The first kappa shape index (κ1) is 25.4. The summed E-state index contributed by atoms with van der Waals surface area (Å²) >= 11 is 7.11. The highest BCUT2D eigenvalue weighted by molar-refractivity contribution is 9.10. The Bertz CT molecular complexity index is 1030. The van der Waals surface area contributed by atoms with Crippen LogP contribution in [0.4, 0.5) is 5.69 Å². The molecule has 0 bridgehead atoms. The first-order valence-corrected chi connectivity index (χ1v) is 13.0. The van der Waals surface area contributed by atoms with E-state index in [2.05, 4.69) is 33.4 Å². The lowest BCUT2D eigenvalue weighted by Gasteiger charge is -2.19. The predicted molar refractivity (Wildman–Crippen MR) is 136 cm³/mol. The van der Waals surface area contributed by atoms with Crippen LogP contribution < -0.4 is 14.9 Å². The Hall–Kier alpha value is -2.24. The molecule has 11 heteroatoms. The van der Waals surface area contributed by atoms with Crippen LogP contribution in [0.15, 0.2) is 46.0 Å². The summed E-state index contributed by atoms with van der Waals surface area (Å²) in [4.78, 5) is 22.6. The maximum Gasteiger partial charge on any atom is 0.269 e. The molecule has 0 atom stereocenters. The van der Waals surface area contributed by atoms with E-state index in [0.717, 1.165) is 22.6 Å². The molecule has 1 fully saturated rings. The summed E-state index contributed by atoms with van der Waals surface area (Å²) in [5.74, 6) is 3.03. The van der Waals surface area contributed by atoms with Crippen molar-refractivity contribution in [2.45, 2.75) is 31.0 Å². The second-order valence-electron chi connectivity index (χ2n) is 7.28. The van der Waals surface area contributed by atoms with Crippen molar-refractivity contribution in [2.75, 3.05) is 18.1 Å². The van der Waals surface area contributed by atoms with Crippen molar-refractivity contribution in [2.24, 2.45) is 5.10 Å². The van der Waals surface area contributed by atoms with Crippen LogP contribution >= 0.6 is 39.5 Å². The standard InChI is InChI=1S/C22H24BrN3O5S2/c1-3-30-19-11-16(13-24-25-20(27)12-22(2)32-8-9-33-22)10-18(23)21(19)31-14-15-4-6-17(7-5-15)26(28)29/h4-7,10-11,13H,3,8-9,12,14H2,1-2H3,(H,25,27)/b24-13-. The average molecular weight is 554 g/mol. The Kier molecular flexibility index (Phi) is 9.04. The molecule has 0 aliphatic carbocycles. The molecule has 0 aromatic heterocycles. The zero-order valence-corrected chi connectivity index (χ0v) is 21.4. The number of nitro groups is 1. The molecule has 1 N–H and O–H groups in total. The molecule has 3 rings (SSSR count). The molecular weight excluding hydrogens is 530 g/mol. The number of benzene rings is 2. The number of hydrogen-bond acceptors (Lipinski definition) is 8. The quantitative estimate of drug-likeness (QED) is 0.239. The van der Waals surface area contributed by atoms with Gasteiger partial charge in [0.2, 0.25) is 5.91 Å². The molecule has 0 spiro atoms. The Morgan fingerprint density at radius 3 is 2.61 bits per heavy atom. The maximum atomic E-state index is 12.2. The van der Waals surface area contributed by atoms with Crippen molar-refractivity contribution in [3.63, 3.8) is 0 Å². The topological polar surface area (TPSA) is 103 Å². The molecule has 1 amide bonds. The Labute approximate surface area is 209 Å². The summed E-state index contributed by atoms with van der Waals surface area (Å²) in [5.41, 5.74) is 4.14. The third-order valence-corrected chi connectivity index (χ3v) is 8.53. The van der Waals surface area contributed by atoms with Crippen LogP contribution in [0, 0.1) is 10.1 Å². The van der Waals surface area contributed by atoms with E-state index in [4.69, 9.17) is 9.47 Å². The van der Waals surface area contributed by atoms with Gasteiger partial charge in [-0.3, -0.25) is 14.9 Å². The smallest absolute Gasteiger partial charge is 0.269 e. The minimum Gasteiger partial charge on any atom is -0.490 e. The minimum absolute atomic E-state index is 0.0283. The van der Waals surface area contributed by atoms with Gasteiger partial charge in [-0.25, -0.2) is 5.43 Å². The van der Waals surface area contributed by atoms with Crippen LogP contribution in [-0.4, -0.2) is 39.2 Å². The van der Waals surface area contributed by atoms with Crippen molar-refractivity contribution in [1.82, 2.24) is 5.43 Å². The van der Waals surface area contributed by atoms with Gasteiger partial charge >= 0.3 is 0 Å². The third-order valence-electron chi connectivity index (χ3n) is 4.64. The molecule has 1 heterocycles. The molecule has 176 valence electrons. The average Bonchev–Trinajstić information content (AvgIpc) is 3.19. The number of ether oxygens (including phenoxy) is 2. The van der Waals surface area contributed by atoms with Crippen LogP contribution in [-0.2, 0) is 11.4 Å². The van der Waals surface area contributed by atoms with Crippen molar-refractivity contribution in [3.05, 3.63) is 62.1 Å². The summed E-state index contributed by atoms with van der Waals surface area (Å²) in [6.07, 6.45) is 1.96. The zero-order valence-electron chi connectivity index (χ0n) is 18.2. The largest absolute Gasteiger partial charge is 0.490 e. The number of rotatable bonds is 10. The molecule has 8 nitrogen and oxygen atoms in total. The van der Waals surface area contributed by atoms with Crippen LogP contribution in [0.2, 0.25) is 0 Å². The van der Waals surface area contributed by atoms with Crippen LogP contribution in [0.5, 0.6) is 11.5 Å². The third kappa shape index (κ3) is 7.38. The summed E-state index contributed by atoms with van der Waals surface area (Å²) in [6, 6.07) is 9.77. The monoisotopic (exact) mass is 553 g/mol. The fraction of sp³-hybridized carbons (Fsp3) is 0.364. The molecule has 1 saturated heterocycles. The fourth-order valence-corrected chi connectivity index (χ4v) is 6.51. The number of hydrazone groups is 1. The van der Waals surface area contributed by atoms with Gasteiger partial charge in [0.25, 0.3) is 5.69 Å². The Morgan fingerprint density at radius 1 is 1.27 bits per heavy atom. The highest BCUT2D eigenvalue weighted by atomic mass is 79.9. The molecule has 0 saturated carbocycles.